The van der Waals surface area contributed by atoms with Crippen molar-refractivity contribution in [3.8, 4) is 5.75 Å². The molecule has 1 aliphatic heterocycles. The van der Waals surface area contributed by atoms with Gasteiger partial charge in [0, 0.05) is 25.2 Å². The zero-order valence-electron chi connectivity index (χ0n) is 15.7. The molecule has 0 spiro atoms. The number of hydrogen-bond acceptors (Lipinski definition) is 7. The van der Waals surface area contributed by atoms with Gasteiger partial charge in [-0.2, -0.15) is 0 Å². The second-order valence-electron chi connectivity index (χ2n) is 6.49. The van der Waals surface area contributed by atoms with E-state index in [0.717, 1.165) is 5.56 Å². The summed E-state index contributed by atoms with van der Waals surface area (Å²) < 4.78 is 5.33. The normalized spacial score (nSPS) is 13.6. The van der Waals surface area contributed by atoms with Crippen molar-refractivity contribution >= 4 is 40.3 Å². The van der Waals surface area contributed by atoms with Crippen LogP contribution in [-0.2, 0) is 4.74 Å². The first-order valence-electron chi connectivity index (χ1n) is 8.88. The van der Waals surface area contributed by atoms with Gasteiger partial charge in [-0.15, -0.1) is 0 Å². The SMILES string of the molecule is Cc1ccc(NC(=S)NC(=O)c2cc([N+](=O)[O-])ccc2N2CCOCC2)c(O)c1. The van der Waals surface area contributed by atoms with Crippen molar-refractivity contribution in [2.45, 2.75) is 6.92 Å². The molecule has 0 aromatic heterocycles. The smallest absolute Gasteiger partial charge is 0.270 e. The van der Waals surface area contributed by atoms with Crippen LogP contribution in [0.25, 0.3) is 0 Å². The average molecular weight is 416 g/mol. The monoisotopic (exact) mass is 416 g/mol. The maximum Gasteiger partial charge on any atom is 0.270 e. The molecule has 29 heavy (non-hydrogen) atoms. The van der Waals surface area contributed by atoms with E-state index in [0.29, 0.717) is 37.7 Å². The number of aryl methyl sites for hydroxylation is 1. The molecule has 2 aromatic carbocycles. The number of ether oxygens (including phenoxy) is 1. The number of phenols is 1. The molecular formula is C19H20N4O5S. The molecule has 1 aliphatic rings. The lowest BCUT2D eigenvalue weighted by Crippen LogP contribution is -2.39. The summed E-state index contributed by atoms with van der Waals surface area (Å²) in [7, 11) is 0. The lowest BCUT2D eigenvalue weighted by atomic mass is 10.1. The number of phenolic OH excluding ortho intramolecular Hbond substituents is 1. The van der Waals surface area contributed by atoms with Crippen LogP contribution in [0, 0.1) is 17.0 Å². The molecular weight excluding hydrogens is 396 g/mol. The molecule has 10 heteroatoms. The number of anilines is 2. The Balaban J connectivity index is 1.81. The number of nitrogens with one attached hydrogen (secondary N) is 2. The van der Waals surface area contributed by atoms with Gasteiger partial charge < -0.3 is 20.1 Å². The Morgan fingerprint density at radius 3 is 2.62 bits per heavy atom. The summed E-state index contributed by atoms with van der Waals surface area (Å²) in [5.41, 5.74) is 1.72. The van der Waals surface area contributed by atoms with Crippen molar-refractivity contribution in [3.63, 3.8) is 0 Å². The number of nitro benzene ring substituents is 1. The first kappa shape index (κ1) is 20.5. The number of carbonyl (C=O) groups is 1. The number of nitrogens with zero attached hydrogens (tertiary/aromatic N) is 2. The minimum atomic E-state index is -0.584. The van der Waals surface area contributed by atoms with Crippen LogP contribution in [-0.4, -0.2) is 47.4 Å². The molecule has 3 rings (SSSR count). The van der Waals surface area contributed by atoms with Crippen molar-refractivity contribution < 1.29 is 19.6 Å². The topological polar surface area (TPSA) is 117 Å². The number of non-ortho nitro benzene ring substituents is 1. The third kappa shape index (κ3) is 4.98. The van der Waals surface area contributed by atoms with E-state index in [1.165, 1.54) is 12.1 Å². The largest absolute Gasteiger partial charge is 0.506 e. The van der Waals surface area contributed by atoms with Crippen molar-refractivity contribution in [2.24, 2.45) is 0 Å². The summed E-state index contributed by atoms with van der Waals surface area (Å²) in [5, 5.41) is 26.4. The standard InChI is InChI=1S/C19H20N4O5S/c1-12-2-4-15(17(24)10-12)20-19(29)21-18(25)14-11-13(23(26)27)3-5-16(14)22-6-8-28-9-7-22/h2-5,10-11,24H,6-9H2,1H3,(H2,20,21,25,29). The molecule has 0 saturated carbocycles. The van der Waals surface area contributed by atoms with Gasteiger partial charge in [0.05, 0.1) is 35.1 Å². The Labute approximate surface area is 172 Å². The molecule has 1 fully saturated rings. The Kier molecular flexibility index (Phi) is 6.25. The van der Waals surface area contributed by atoms with Crippen molar-refractivity contribution in [2.75, 3.05) is 36.5 Å². The summed E-state index contributed by atoms with van der Waals surface area (Å²) in [4.78, 5) is 25.4. The second-order valence-corrected chi connectivity index (χ2v) is 6.90. The van der Waals surface area contributed by atoms with Gasteiger partial charge in [0.15, 0.2) is 5.11 Å². The second kappa shape index (κ2) is 8.84. The number of rotatable bonds is 4. The lowest BCUT2D eigenvalue weighted by molar-refractivity contribution is -0.384. The van der Waals surface area contributed by atoms with Crippen LogP contribution in [0.15, 0.2) is 36.4 Å². The molecule has 0 unspecified atom stereocenters. The number of thiocarbonyl (C=S) groups is 1. The highest BCUT2D eigenvalue weighted by Gasteiger charge is 2.22. The molecule has 1 saturated heterocycles. The van der Waals surface area contributed by atoms with Gasteiger partial charge in [0.25, 0.3) is 11.6 Å². The number of nitro groups is 1. The van der Waals surface area contributed by atoms with E-state index in [1.807, 2.05) is 11.8 Å². The third-order valence-electron chi connectivity index (χ3n) is 4.42. The van der Waals surface area contributed by atoms with Gasteiger partial charge in [-0.25, -0.2) is 0 Å². The molecule has 9 nitrogen and oxygen atoms in total. The van der Waals surface area contributed by atoms with Crippen LogP contribution >= 0.6 is 12.2 Å². The zero-order valence-corrected chi connectivity index (χ0v) is 16.5. The Bertz CT molecular complexity index is 960. The minimum absolute atomic E-state index is 0.00838. The number of hydrogen-bond donors (Lipinski definition) is 3. The Morgan fingerprint density at radius 1 is 1.24 bits per heavy atom. The van der Waals surface area contributed by atoms with Crippen molar-refractivity contribution in [1.29, 1.82) is 0 Å². The molecule has 1 heterocycles. The predicted molar refractivity (Wildman–Crippen MR) is 113 cm³/mol. The van der Waals surface area contributed by atoms with Gasteiger partial charge in [-0.05, 0) is 42.9 Å². The Morgan fingerprint density at radius 2 is 1.97 bits per heavy atom. The highest BCUT2D eigenvalue weighted by atomic mass is 32.1. The van der Waals surface area contributed by atoms with Crippen LogP contribution in [0.3, 0.4) is 0 Å². The van der Waals surface area contributed by atoms with E-state index in [2.05, 4.69) is 10.6 Å². The highest BCUT2D eigenvalue weighted by molar-refractivity contribution is 7.80. The van der Waals surface area contributed by atoms with E-state index < -0.39 is 10.8 Å². The van der Waals surface area contributed by atoms with Crippen LogP contribution in [0.1, 0.15) is 15.9 Å². The molecule has 0 radical (unpaired) electrons. The Hall–Kier alpha value is -3.24. The first-order valence-corrected chi connectivity index (χ1v) is 9.29. The van der Waals surface area contributed by atoms with E-state index in [-0.39, 0.29) is 22.1 Å². The van der Waals surface area contributed by atoms with E-state index in [1.54, 1.807) is 24.3 Å². The van der Waals surface area contributed by atoms with Crippen LogP contribution < -0.4 is 15.5 Å². The van der Waals surface area contributed by atoms with Gasteiger partial charge >= 0.3 is 0 Å². The summed E-state index contributed by atoms with van der Waals surface area (Å²) in [6, 6.07) is 9.12. The molecule has 3 N–H and O–H groups in total. The number of aromatic hydroxyl groups is 1. The summed E-state index contributed by atoms with van der Waals surface area (Å²) in [5.74, 6) is -0.592. The molecule has 0 bridgehead atoms. The maximum absolute atomic E-state index is 12.8. The molecule has 0 atom stereocenters. The molecule has 2 aromatic rings. The van der Waals surface area contributed by atoms with Gasteiger partial charge in [-0.1, -0.05) is 6.07 Å². The van der Waals surface area contributed by atoms with Gasteiger partial charge in [0.2, 0.25) is 0 Å². The molecule has 0 aliphatic carbocycles. The van der Waals surface area contributed by atoms with E-state index in [9.17, 15) is 20.0 Å². The average Bonchev–Trinajstić information content (AvgIpc) is 2.70. The maximum atomic E-state index is 12.8. The summed E-state index contributed by atoms with van der Waals surface area (Å²) in [6.45, 7) is 3.98. The number of carbonyl (C=O) groups excluding carboxylic acids is 1. The highest BCUT2D eigenvalue weighted by Crippen LogP contribution is 2.27. The summed E-state index contributed by atoms with van der Waals surface area (Å²) >= 11 is 5.17. The van der Waals surface area contributed by atoms with Gasteiger partial charge in [-0.3, -0.25) is 20.2 Å². The number of morpholine rings is 1. The fourth-order valence-corrected chi connectivity index (χ4v) is 3.17. The minimum Gasteiger partial charge on any atom is -0.506 e. The van der Waals surface area contributed by atoms with Crippen molar-refractivity contribution in [3.05, 3.63) is 57.6 Å². The quantitative estimate of drug-likeness (QED) is 0.301. The predicted octanol–water partition coefficient (Wildman–Crippen LogP) is 2.57. The zero-order chi connectivity index (χ0) is 21.0. The lowest BCUT2D eigenvalue weighted by Gasteiger charge is -2.30. The fraction of sp³-hybridized carbons (Fsp3) is 0.263. The van der Waals surface area contributed by atoms with Crippen LogP contribution in [0.4, 0.5) is 17.1 Å². The van der Waals surface area contributed by atoms with E-state index in [4.69, 9.17) is 17.0 Å². The van der Waals surface area contributed by atoms with E-state index >= 15 is 0 Å². The number of amides is 1. The molecule has 152 valence electrons. The van der Waals surface area contributed by atoms with Crippen LogP contribution in [0.5, 0.6) is 5.75 Å². The fourth-order valence-electron chi connectivity index (χ4n) is 2.97. The third-order valence-corrected chi connectivity index (χ3v) is 4.62. The van der Waals surface area contributed by atoms with Crippen molar-refractivity contribution in [1.82, 2.24) is 5.32 Å². The summed E-state index contributed by atoms with van der Waals surface area (Å²) in [6.07, 6.45) is 0. The molecule has 1 amide bonds. The van der Waals surface area contributed by atoms with Gasteiger partial charge in [0.1, 0.15) is 5.75 Å². The number of benzene rings is 2. The first-order chi connectivity index (χ1) is 13.8. The van der Waals surface area contributed by atoms with Crippen LogP contribution in [0.2, 0.25) is 0 Å².